The molecule has 0 unspecified atom stereocenters. The maximum Gasteiger partial charge on any atom is 0.301 e. The SMILES string of the molecule is Nc1ccc(-n2cnc3cc(-c4ccccc4)oc3c2=O)cc1. The van der Waals surface area contributed by atoms with E-state index in [0.29, 0.717) is 22.7 Å². The van der Waals surface area contributed by atoms with Crippen LogP contribution in [0.4, 0.5) is 5.69 Å². The van der Waals surface area contributed by atoms with Crippen LogP contribution in [0.2, 0.25) is 0 Å². The van der Waals surface area contributed by atoms with Gasteiger partial charge in [-0.1, -0.05) is 30.3 Å². The summed E-state index contributed by atoms with van der Waals surface area (Å²) in [6.07, 6.45) is 1.50. The third-order valence-electron chi connectivity index (χ3n) is 3.67. The number of nitrogens with zero attached hydrogens (tertiary/aromatic N) is 2. The first-order valence-corrected chi connectivity index (χ1v) is 7.15. The molecule has 23 heavy (non-hydrogen) atoms. The highest BCUT2D eigenvalue weighted by atomic mass is 16.3. The normalized spacial score (nSPS) is 11.0. The van der Waals surface area contributed by atoms with E-state index in [2.05, 4.69) is 4.98 Å². The van der Waals surface area contributed by atoms with Crippen LogP contribution in [0.25, 0.3) is 28.1 Å². The van der Waals surface area contributed by atoms with Gasteiger partial charge in [-0.3, -0.25) is 9.36 Å². The number of hydrogen-bond acceptors (Lipinski definition) is 4. The topological polar surface area (TPSA) is 74.1 Å². The molecule has 2 aromatic carbocycles. The summed E-state index contributed by atoms with van der Waals surface area (Å²) in [5.74, 6) is 0.625. The second-order valence-corrected chi connectivity index (χ2v) is 5.20. The van der Waals surface area contributed by atoms with E-state index >= 15 is 0 Å². The maximum atomic E-state index is 12.7. The lowest BCUT2D eigenvalue weighted by Gasteiger charge is -2.04. The summed E-state index contributed by atoms with van der Waals surface area (Å²) in [6.45, 7) is 0. The van der Waals surface area contributed by atoms with E-state index in [9.17, 15) is 4.79 Å². The van der Waals surface area contributed by atoms with Gasteiger partial charge in [-0.2, -0.15) is 0 Å². The molecule has 0 amide bonds. The van der Waals surface area contributed by atoms with Crippen molar-refractivity contribution in [3.8, 4) is 17.0 Å². The van der Waals surface area contributed by atoms with Gasteiger partial charge in [0.25, 0.3) is 0 Å². The standard InChI is InChI=1S/C18H13N3O2/c19-13-6-8-14(9-7-13)21-11-20-15-10-16(23-17(15)18(21)22)12-4-2-1-3-5-12/h1-11H,19H2. The fourth-order valence-electron chi connectivity index (χ4n) is 2.48. The van der Waals surface area contributed by atoms with E-state index in [1.807, 2.05) is 30.3 Å². The highest BCUT2D eigenvalue weighted by Gasteiger charge is 2.12. The van der Waals surface area contributed by atoms with E-state index in [-0.39, 0.29) is 11.1 Å². The highest BCUT2D eigenvalue weighted by molar-refractivity contribution is 5.78. The van der Waals surface area contributed by atoms with Gasteiger partial charge in [0.05, 0.1) is 5.69 Å². The Balaban J connectivity index is 1.89. The second-order valence-electron chi connectivity index (χ2n) is 5.20. The van der Waals surface area contributed by atoms with Gasteiger partial charge in [-0.25, -0.2) is 4.98 Å². The van der Waals surface area contributed by atoms with E-state index in [1.54, 1.807) is 30.3 Å². The zero-order valence-electron chi connectivity index (χ0n) is 12.1. The van der Waals surface area contributed by atoms with Gasteiger partial charge in [0.2, 0.25) is 5.58 Å². The van der Waals surface area contributed by atoms with Crippen molar-refractivity contribution in [3.63, 3.8) is 0 Å². The average molecular weight is 303 g/mol. The van der Waals surface area contributed by atoms with Crippen LogP contribution in [0.15, 0.2) is 76.2 Å². The minimum atomic E-state index is -0.248. The van der Waals surface area contributed by atoms with Crippen LogP contribution in [0, 0.1) is 0 Å². The zero-order chi connectivity index (χ0) is 15.8. The van der Waals surface area contributed by atoms with Crippen molar-refractivity contribution >= 4 is 16.8 Å². The van der Waals surface area contributed by atoms with Gasteiger partial charge in [0, 0.05) is 17.3 Å². The molecular weight excluding hydrogens is 290 g/mol. The number of fused-ring (bicyclic) bond motifs is 1. The molecule has 2 heterocycles. The third-order valence-corrected chi connectivity index (χ3v) is 3.67. The molecule has 2 aromatic heterocycles. The van der Waals surface area contributed by atoms with E-state index in [0.717, 1.165) is 5.56 Å². The summed E-state index contributed by atoms with van der Waals surface area (Å²) >= 11 is 0. The van der Waals surface area contributed by atoms with Crippen LogP contribution in [-0.2, 0) is 0 Å². The summed E-state index contributed by atoms with van der Waals surface area (Å²) in [5.41, 5.74) is 8.45. The summed E-state index contributed by atoms with van der Waals surface area (Å²) in [6, 6.07) is 18.4. The Morgan fingerprint density at radius 2 is 1.74 bits per heavy atom. The highest BCUT2D eigenvalue weighted by Crippen LogP contribution is 2.24. The van der Waals surface area contributed by atoms with Gasteiger partial charge < -0.3 is 10.2 Å². The van der Waals surface area contributed by atoms with Crippen molar-refractivity contribution in [2.75, 3.05) is 5.73 Å². The second kappa shape index (κ2) is 5.14. The Morgan fingerprint density at radius 1 is 1.00 bits per heavy atom. The molecule has 0 bridgehead atoms. The Bertz CT molecular complexity index is 1030. The molecule has 4 rings (SSSR count). The molecule has 0 saturated heterocycles. The van der Waals surface area contributed by atoms with E-state index in [4.69, 9.17) is 10.2 Å². The smallest absolute Gasteiger partial charge is 0.301 e. The lowest BCUT2D eigenvalue weighted by molar-refractivity contribution is 0.622. The molecular formula is C18H13N3O2. The van der Waals surface area contributed by atoms with Crippen LogP contribution in [0.1, 0.15) is 0 Å². The molecule has 0 atom stereocenters. The zero-order valence-corrected chi connectivity index (χ0v) is 12.1. The van der Waals surface area contributed by atoms with E-state index < -0.39 is 0 Å². The predicted molar refractivity (Wildman–Crippen MR) is 89.5 cm³/mol. The molecule has 0 saturated carbocycles. The van der Waals surface area contributed by atoms with Crippen LogP contribution in [-0.4, -0.2) is 9.55 Å². The first kappa shape index (κ1) is 13.3. The quantitative estimate of drug-likeness (QED) is 0.577. The van der Waals surface area contributed by atoms with Crippen molar-refractivity contribution in [1.29, 1.82) is 0 Å². The number of hydrogen-bond donors (Lipinski definition) is 1. The van der Waals surface area contributed by atoms with Crippen LogP contribution < -0.4 is 11.3 Å². The summed E-state index contributed by atoms with van der Waals surface area (Å²) in [5, 5.41) is 0. The average Bonchev–Trinajstić information content (AvgIpc) is 3.02. The van der Waals surface area contributed by atoms with Gasteiger partial charge >= 0.3 is 5.56 Å². The molecule has 5 heteroatoms. The third kappa shape index (κ3) is 2.28. The van der Waals surface area contributed by atoms with Gasteiger partial charge in [0.15, 0.2) is 0 Å². The summed E-state index contributed by atoms with van der Waals surface area (Å²) in [7, 11) is 0. The number of furan rings is 1. The number of benzene rings is 2. The van der Waals surface area contributed by atoms with Gasteiger partial charge in [-0.15, -0.1) is 0 Å². The first-order chi connectivity index (χ1) is 11.2. The van der Waals surface area contributed by atoms with Crippen molar-refractivity contribution in [2.45, 2.75) is 0 Å². The minimum Gasteiger partial charge on any atom is -0.449 e. The molecule has 0 fully saturated rings. The van der Waals surface area contributed by atoms with Crippen molar-refractivity contribution in [3.05, 3.63) is 77.3 Å². The molecule has 0 spiro atoms. The summed E-state index contributed by atoms with van der Waals surface area (Å²) in [4.78, 5) is 17.0. The van der Waals surface area contributed by atoms with Crippen LogP contribution in [0.3, 0.4) is 0 Å². The monoisotopic (exact) mass is 303 g/mol. The van der Waals surface area contributed by atoms with Crippen molar-refractivity contribution < 1.29 is 4.42 Å². The molecule has 0 aliphatic heterocycles. The maximum absolute atomic E-state index is 12.7. The Labute approximate surface area is 131 Å². The molecule has 0 aliphatic rings. The molecule has 0 aliphatic carbocycles. The van der Waals surface area contributed by atoms with Gasteiger partial charge in [0.1, 0.15) is 17.6 Å². The van der Waals surface area contributed by atoms with Crippen LogP contribution >= 0.6 is 0 Å². The number of nitrogen functional groups attached to an aromatic ring is 1. The molecule has 4 aromatic rings. The predicted octanol–water partition coefficient (Wildman–Crippen LogP) is 3.23. The number of aromatic nitrogens is 2. The van der Waals surface area contributed by atoms with E-state index in [1.165, 1.54) is 10.9 Å². The van der Waals surface area contributed by atoms with Crippen LogP contribution in [0.5, 0.6) is 0 Å². The Kier molecular flexibility index (Phi) is 2.98. The fourth-order valence-corrected chi connectivity index (χ4v) is 2.48. The Hall–Kier alpha value is -3.34. The first-order valence-electron chi connectivity index (χ1n) is 7.15. The number of anilines is 1. The molecule has 112 valence electrons. The van der Waals surface area contributed by atoms with Gasteiger partial charge in [-0.05, 0) is 24.3 Å². The molecule has 0 radical (unpaired) electrons. The van der Waals surface area contributed by atoms with Crippen molar-refractivity contribution in [1.82, 2.24) is 9.55 Å². The number of rotatable bonds is 2. The fraction of sp³-hybridized carbons (Fsp3) is 0. The lowest BCUT2D eigenvalue weighted by atomic mass is 10.2. The number of nitrogens with two attached hydrogens (primary N) is 1. The molecule has 5 nitrogen and oxygen atoms in total. The largest absolute Gasteiger partial charge is 0.449 e. The summed E-state index contributed by atoms with van der Waals surface area (Å²) < 4.78 is 7.19. The lowest BCUT2D eigenvalue weighted by Crippen LogP contribution is -2.17. The Morgan fingerprint density at radius 3 is 2.48 bits per heavy atom. The molecule has 2 N–H and O–H groups in total. The van der Waals surface area contributed by atoms with Crippen molar-refractivity contribution in [2.24, 2.45) is 0 Å². The minimum absolute atomic E-state index is 0.239.